The van der Waals surface area contributed by atoms with E-state index >= 15 is 0 Å². The van der Waals surface area contributed by atoms with Crippen molar-refractivity contribution in [3.05, 3.63) is 59.2 Å². The second kappa shape index (κ2) is 8.90. The van der Waals surface area contributed by atoms with E-state index in [-0.39, 0.29) is 63.9 Å². The van der Waals surface area contributed by atoms with Gasteiger partial charge in [-0.05, 0) is 56.0 Å². The van der Waals surface area contributed by atoms with Gasteiger partial charge in [-0.25, -0.2) is 8.42 Å². The van der Waals surface area contributed by atoms with Crippen molar-refractivity contribution >= 4 is 39.1 Å². The van der Waals surface area contributed by atoms with E-state index in [2.05, 4.69) is 10.0 Å². The van der Waals surface area contributed by atoms with Crippen molar-refractivity contribution in [3.8, 4) is 0 Å². The molecular weight excluding hydrogens is 444 g/mol. The van der Waals surface area contributed by atoms with Crippen LogP contribution in [0.15, 0.2) is 47.4 Å². The number of imide groups is 1. The normalized spacial score (nSPS) is 20.9. The zero-order chi connectivity index (χ0) is 23.8. The summed E-state index contributed by atoms with van der Waals surface area (Å²) in [6, 6.07) is 10.9. The number of nitrogens with one attached hydrogen (secondary N) is 2. The number of hydrogen-bond donors (Lipinski definition) is 2. The van der Waals surface area contributed by atoms with Crippen LogP contribution in [0.25, 0.3) is 0 Å². The van der Waals surface area contributed by atoms with Crippen LogP contribution in [0, 0.1) is 18.8 Å². The van der Waals surface area contributed by atoms with Gasteiger partial charge in [0, 0.05) is 41.5 Å². The average molecular weight is 469 g/mol. The number of rotatable bonds is 6. The van der Waals surface area contributed by atoms with E-state index in [1.807, 2.05) is 0 Å². The molecule has 0 spiro atoms. The summed E-state index contributed by atoms with van der Waals surface area (Å²) in [4.78, 5) is 49.2. The van der Waals surface area contributed by atoms with E-state index in [1.165, 1.54) is 24.3 Å². The Morgan fingerprint density at radius 1 is 0.970 bits per heavy atom. The van der Waals surface area contributed by atoms with Gasteiger partial charge in [0.2, 0.25) is 11.8 Å². The molecule has 2 N–H and O–H groups in total. The van der Waals surface area contributed by atoms with Crippen LogP contribution in [0.4, 0.5) is 5.69 Å². The highest BCUT2D eigenvalue weighted by Gasteiger charge is 2.35. The van der Waals surface area contributed by atoms with Gasteiger partial charge in [0.05, 0.1) is 4.90 Å². The highest BCUT2D eigenvalue weighted by molar-refractivity contribution is 7.92. The second-order valence-corrected chi connectivity index (χ2v) is 10.2. The average Bonchev–Trinajstić information content (AvgIpc) is 2.76. The number of hydrogen-bond acceptors (Lipinski definition) is 6. The standard InChI is InChI=1S/C24H24N2O6S/c1-14-4-2-3-5-21(14)33(31,32)26-17-9-10-18-19(13-17)20(27)12-16(23(18)29)7-6-15-8-11-22(28)25-24(15)30/h2-5,9-10,13,15-16,26H,6-8,11-12H2,1H3,(H,25,28,30). The number of fused-ring (bicyclic) bond motifs is 1. The Balaban J connectivity index is 1.49. The Hall–Kier alpha value is -3.33. The van der Waals surface area contributed by atoms with E-state index in [0.29, 0.717) is 24.8 Å². The molecule has 4 rings (SSSR count). The summed E-state index contributed by atoms with van der Waals surface area (Å²) in [5.41, 5.74) is 1.26. The summed E-state index contributed by atoms with van der Waals surface area (Å²) >= 11 is 0. The van der Waals surface area contributed by atoms with Gasteiger partial charge in [-0.3, -0.25) is 29.2 Å². The predicted octanol–water partition coefficient (Wildman–Crippen LogP) is 3.01. The molecular formula is C24H24N2O6S. The fraction of sp³-hybridized carbons (Fsp3) is 0.333. The van der Waals surface area contributed by atoms with Gasteiger partial charge < -0.3 is 0 Å². The molecule has 2 aliphatic rings. The lowest BCUT2D eigenvalue weighted by Crippen LogP contribution is -2.41. The topological polar surface area (TPSA) is 126 Å². The number of piperidine rings is 1. The van der Waals surface area contributed by atoms with Crippen LogP contribution in [0.3, 0.4) is 0 Å². The van der Waals surface area contributed by atoms with Crippen molar-refractivity contribution in [3.63, 3.8) is 0 Å². The van der Waals surface area contributed by atoms with Gasteiger partial charge >= 0.3 is 0 Å². The van der Waals surface area contributed by atoms with E-state index in [4.69, 9.17) is 0 Å². The zero-order valence-electron chi connectivity index (χ0n) is 18.1. The van der Waals surface area contributed by atoms with Crippen molar-refractivity contribution in [2.75, 3.05) is 4.72 Å². The molecule has 2 atom stereocenters. The third-order valence-electron chi connectivity index (χ3n) is 6.24. The minimum Gasteiger partial charge on any atom is -0.296 e. The third-order valence-corrected chi connectivity index (χ3v) is 7.78. The van der Waals surface area contributed by atoms with Crippen LogP contribution >= 0.6 is 0 Å². The Kier molecular flexibility index (Phi) is 6.16. The molecule has 9 heteroatoms. The highest BCUT2D eigenvalue weighted by atomic mass is 32.2. The summed E-state index contributed by atoms with van der Waals surface area (Å²) in [5, 5.41) is 2.31. The molecule has 2 unspecified atom stereocenters. The molecule has 2 aromatic carbocycles. The van der Waals surface area contributed by atoms with Crippen LogP contribution in [0.5, 0.6) is 0 Å². The molecule has 0 saturated carbocycles. The second-order valence-electron chi connectivity index (χ2n) is 8.55. The van der Waals surface area contributed by atoms with Crippen LogP contribution in [0.1, 0.15) is 58.4 Å². The first kappa shape index (κ1) is 22.8. The number of sulfonamides is 1. The molecule has 2 aromatic rings. The molecule has 33 heavy (non-hydrogen) atoms. The number of carbonyl (C=O) groups excluding carboxylic acids is 4. The summed E-state index contributed by atoms with van der Waals surface area (Å²) < 4.78 is 28.0. The number of carbonyl (C=O) groups is 4. The molecule has 1 fully saturated rings. The number of Topliss-reactive ketones (excluding diaryl/α,β-unsaturated/α-hetero) is 2. The number of amides is 2. The number of anilines is 1. The maximum absolute atomic E-state index is 13.0. The molecule has 8 nitrogen and oxygen atoms in total. The number of benzene rings is 2. The molecule has 1 saturated heterocycles. The fourth-order valence-electron chi connectivity index (χ4n) is 4.42. The minimum atomic E-state index is -3.85. The molecule has 0 bridgehead atoms. The number of ketones is 2. The van der Waals surface area contributed by atoms with Gasteiger partial charge in [0.1, 0.15) is 0 Å². The lowest BCUT2D eigenvalue weighted by Gasteiger charge is -2.26. The smallest absolute Gasteiger partial charge is 0.262 e. The predicted molar refractivity (Wildman–Crippen MR) is 120 cm³/mol. The van der Waals surface area contributed by atoms with E-state index in [9.17, 15) is 27.6 Å². The maximum atomic E-state index is 13.0. The van der Waals surface area contributed by atoms with Crippen molar-refractivity contribution in [2.45, 2.75) is 43.9 Å². The van der Waals surface area contributed by atoms with Crippen LogP contribution in [-0.2, 0) is 19.6 Å². The largest absolute Gasteiger partial charge is 0.296 e. The lowest BCUT2D eigenvalue weighted by atomic mass is 9.78. The third kappa shape index (κ3) is 4.73. The van der Waals surface area contributed by atoms with E-state index in [0.717, 1.165) is 0 Å². The Morgan fingerprint density at radius 3 is 2.42 bits per heavy atom. The minimum absolute atomic E-state index is 0.00704. The molecule has 0 radical (unpaired) electrons. The first-order valence-corrected chi connectivity index (χ1v) is 12.3. The zero-order valence-corrected chi connectivity index (χ0v) is 18.9. The Morgan fingerprint density at radius 2 is 1.70 bits per heavy atom. The Bertz CT molecular complexity index is 1270. The van der Waals surface area contributed by atoms with Gasteiger partial charge in [0.15, 0.2) is 11.6 Å². The number of aryl methyl sites for hydroxylation is 1. The van der Waals surface area contributed by atoms with Crippen LogP contribution in [-0.4, -0.2) is 31.8 Å². The van der Waals surface area contributed by atoms with Crippen molar-refractivity contribution in [1.82, 2.24) is 5.32 Å². The van der Waals surface area contributed by atoms with Gasteiger partial charge in [-0.2, -0.15) is 0 Å². The van der Waals surface area contributed by atoms with E-state index in [1.54, 1.807) is 25.1 Å². The van der Waals surface area contributed by atoms with Gasteiger partial charge in [-0.1, -0.05) is 18.2 Å². The van der Waals surface area contributed by atoms with Crippen LogP contribution < -0.4 is 10.0 Å². The maximum Gasteiger partial charge on any atom is 0.262 e. The van der Waals surface area contributed by atoms with Gasteiger partial charge in [-0.15, -0.1) is 0 Å². The molecule has 0 aromatic heterocycles. The first-order chi connectivity index (χ1) is 15.7. The molecule has 1 aliphatic heterocycles. The first-order valence-electron chi connectivity index (χ1n) is 10.8. The van der Waals surface area contributed by atoms with E-state index < -0.39 is 15.9 Å². The quantitative estimate of drug-likeness (QED) is 0.628. The summed E-state index contributed by atoms with van der Waals surface area (Å²) in [5.74, 6) is -1.93. The lowest BCUT2D eigenvalue weighted by molar-refractivity contribution is -0.136. The molecule has 1 aliphatic carbocycles. The summed E-state index contributed by atoms with van der Waals surface area (Å²) in [7, 11) is -3.85. The van der Waals surface area contributed by atoms with Gasteiger partial charge in [0.25, 0.3) is 10.0 Å². The summed E-state index contributed by atoms with van der Waals surface area (Å²) in [6.07, 6.45) is 1.52. The van der Waals surface area contributed by atoms with Crippen molar-refractivity contribution in [2.24, 2.45) is 11.8 Å². The van der Waals surface area contributed by atoms with Crippen LogP contribution in [0.2, 0.25) is 0 Å². The molecule has 1 heterocycles. The fourth-order valence-corrected chi connectivity index (χ4v) is 5.71. The van der Waals surface area contributed by atoms with Crippen molar-refractivity contribution < 1.29 is 27.6 Å². The van der Waals surface area contributed by atoms with Crippen molar-refractivity contribution in [1.29, 1.82) is 0 Å². The monoisotopic (exact) mass is 468 g/mol. The molecule has 2 amide bonds. The molecule has 172 valence electrons. The highest BCUT2D eigenvalue weighted by Crippen LogP contribution is 2.33. The Labute approximate surface area is 191 Å². The summed E-state index contributed by atoms with van der Waals surface area (Å²) in [6.45, 7) is 1.69. The SMILES string of the molecule is Cc1ccccc1S(=O)(=O)Nc1ccc2c(c1)C(=O)CC(CCC1CCC(=O)NC1=O)C2=O.